The number of hydrogen-bond donors (Lipinski definition) is 1. The Bertz CT molecular complexity index is 837. The lowest BCUT2D eigenvalue weighted by Gasteiger charge is -2.08. The van der Waals surface area contributed by atoms with Crippen molar-refractivity contribution in [2.75, 3.05) is 11.9 Å². The molecular formula is C17H18ClF2N3O3. The van der Waals surface area contributed by atoms with Crippen molar-refractivity contribution in [1.82, 2.24) is 9.78 Å². The highest BCUT2D eigenvalue weighted by Gasteiger charge is 2.22. The SMILES string of the molecule is Cc1nn(CC(C)C)c(Cl)c1C(=O)OCC(=O)Nc1ccc(F)c(F)c1. The van der Waals surface area contributed by atoms with Crippen LogP contribution in [0.25, 0.3) is 0 Å². The molecule has 1 aromatic carbocycles. The molecule has 26 heavy (non-hydrogen) atoms. The van der Waals surface area contributed by atoms with Gasteiger partial charge in [0.1, 0.15) is 10.7 Å². The first-order valence-corrected chi connectivity index (χ1v) is 8.21. The van der Waals surface area contributed by atoms with E-state index in [9.17, 15) is 18.4 Å². The van der Waals surface area contributed by atoms with Crippen LogP contribution in [0.3, 0.4) is 0 Å². The zero-order valence-corrected chi connectivity index (χ0v) is 15.2. The van der Waals surface area contributed by atoms with Gasteiger partial charge in [-0.2, -0.15) is 5.10 Å². The van der Waals surface area contributed by atoms with Crippen molar-refractivity contribution >= 4 is 29.2 Å². The van der Waals surface area contributed by atoms with Crippen molar-refractivity contribution in [2.24, 2.45) is 5.92 Å². The molecule has 0 bridgehead atoms. The van der Waals surface area contributed by atoms with Crippen molar-refractivity contribution in [2.45, 2.75) is 27.3 Å². The number of carbonyl (C=O) groups is 2. The molecule has 0 radical (unpaired) electrons. The van der Waals surface area contributed by atoms with Gasteiger partial charge in [-0.25, -0.2) is 13.6 Å². The van der Waals surface area contributed by atoms with E-state index in [-0.39, 0.29) is 22.3 Å². The van der Waals surface area contributed by atoms with Gasteiger partial charge in [-0.15, -0.1) is 0 Å². The number of benzene rings is 1. The zero-order chi connectivity index (χ0) is 19.4. The van der Waals surface area contributed by atoms with Crippen molar-refractivity contribution in [3.63, 3.8) is 0 Å². The number of amides is 1. The molecule has 0 saturated carbocycles. The second-order valence-electron chi connectivity index (χ2n) is 6.08. The van der Waals surface area contributed by atoms with Gasteiger partial charge < -0.3 is 10.1 Å². The van der Waals surface area contributed by atoms with Gasteiger partial charge in [0.2, 0.25) is 0 Å². The van der Waals surface area contributed by atoms with Crippen molar-refractivity contribution < 1.29 is 23.1 Å². The summed E-state index contributed by atoms with van der Waals surface area (Å²) in [6, 6.07) is 2.89. The third kappa shape index (κ3) is 4.78. The van der Waals surface area contributed by atoms with Crippen LogP contribution in [0.5, 0.6) is 0 Å². The Hall–Kier alpha value is -2.48. The van der Waals surface area contributed by atoms with Gasteiger partial charge in [0.15, 0.2) is 18.2 Å². The van der Waals surface area contributed by atoms with Crippen molar-refractivity contribution in [1.29, 1.82) is 0 Å². The number of carbonyl (C=O) groups excluding carboxylic acids is 2. The Morgan fingerprint density at radius 1 is 1.31 bits per heavy atom. The standard InChI is InChI=1S/C17H18ClF2N3O3/c1-9(2)7-23-16(18)15(10(3)22-23)17(25)26-8-14(24)21-11-4-5-12(19)13(20)6-11/h4-6,9H,7-8H2,1-3H3,(H,21,24). The van der Waals surface area contributed by atoms with E-state index in [2.05, 4.69) is 10.4 Å². The first-order valence-electron chi connectivity index (χ1n) is 7.84. The molecule has 0 aliphatic carbocycles. The van der Waals surface area contributed by atoms with Crippen LogP contribution >= 0.6 is 11.6 Å². The summed E-state index contributed by atoms with van der Waals surface area (Å²) >= 11 is 6.17. The molecule has 1 aromatic heterocycles. The maximum absolute atomic E-state index is 13.1. The topological polar surface area (TPSA) is 73.2 Å². The Kier molecular flexibility index (Phi) is 6.31. The van der Waals surface area contributed by atoms with E-state index >= 15 is 0 Å². The highest BCUT2D eigenvalue weighted by atomic mass is 35.5. The van der Waals surface area contributed by atoms with Crippen LogP contribution in [0.1, 0.15) is 29.9 Å². The number of nitrogens with one attached hydrogen (secondary N) is 1. The van der Waals surface area contributed by atoms with E-state index < -0.39 is 30.1 Å². The molecule has 0 unspecified atom stereocenters. The average Bonchev–Trinajstić information content (AvgIpc) is 2.82. The van der Waals surface area contributed by atoms with E-state index in [1.54, 1.807) is 6.92 Å². The maximum atomic E-state index is 13.1. The van der Waals surface area contributed by atoms with Crippen LogP contribution in [0, 0.1) is 24.5 Å². The quantitative estimate of drug-likeness (QED) is 0.771. The monoisotopic (exact) mass is 385 g/mol. The number of aromatic nitrogens is 2. The summed E-state index contributed by atoms with van der Waals surface area (Å²) in [6.07, 6.45) is 0. The lowest BCUT2D eigenvalue weighted by atomic mass is 10.2. The molecule has 1 heterocycles. The molecular weight excluding hydrogens is 368 g/mol. The lowest BCUT2D eigenvalue weighted by molar-refractivity contribution is -0.119. The number of rotatable bonds is 6. The normalized spacial score (nSPS) is 10.9. The summed E-state index contributed by atoms with van der Waals surface area (Å²) in [5, 5.41) is 6.63. The smallest absolute Gasteiger partial charge is 0.343 e. The fourth-order valence-corrected chi connectivity index (χ4v) is 2.55. The molecule has 1 amide bonds. The fraction of sp³-hybridized carbons (Fsp3) is 0.353. The predicted molar refractivity (Wildman–Crippen MR) is 92.1 cm³/mol. The van der Waals surface area contributed by atoms with Gasteiger partial charge in [-0.3, -0.25) is 9.48 Å². The first kappa shape index (κ1) is 19.8. The lowest BCUT2D eigenvalue weighted by Crippen LogP contribution is -2.21. The number of nitrogens with zero attached hydrogens (tertiary/aromatic N) is 2. The molecule has 0 aliphatic rings. The van der Waals surface area contributed by atoms with Crippen molar-refractivity contribution in [3.05, 3.63) is 46.2 Å². The molecule has 0 spiro atoms. The number of hydrogen-bond acceptors (Lipinski definition) is 4. The van der Waals surface area contributed by atoms with Gasteiger partial charge in [0.05, 0.1) is 5.69 Å². The minimum Gasteiger partial charge on any atom is -0.452 e. The van der Waals surface area contributed by atoms with Crippen LogP contribution in [0.4, 0.5) is 14.5 Å². The van der Waals surface area contributed by atoms with E-state index in [1.807, 2.05) is 13.8 Å². The van der Waals surface area contributed by atoms with Crippen LogP contribution in [-0.4, -0.2) is 28.3 Å². The fourth-order valence-electron chi connectivity index (χ4n) is 2.23. The van der Waals surface area contributed by atoms with Gasteiger partial charge in [-0.1, -0.05) is 25.4 Å². The summed E-state index contributed by atoms with van der Waals surface area (Å²) < 4.78 is 32.4. The number of anilines is 1. The molecule has 140 valence electrons. The van der Waals surface area contributed by atoms with Gasteiger partial charge in [0, 0.05) is 18.3 Å². The Labute approximate surface area is 154 Å². The second kappa shape index (κ2) is 8.27. The van der Waals surface area contributed by atoms with E-state index in [0.29, 0.717) is 12.2 Å². The van der Waals surface area contributed by atoms with Crippen LogP contribution in [0.2, 0.25) is 5.15 Å². The molecule has 2 rings (SSSR count). The minimum atomic E-state index is -1.10. The zero-order valence-electron chi connectivity index (χ0n) is 14.5. The molecule has 1 N–H and O–H groups in total. The summed E-state index contributed by atoms with van der Waals surface area (Å²) in [5.41, 5.74) is 0.526. The first-order chi connectivity index (χ1) is 12.2. The predicted octanol–water partition coefficient (Wildman–Crippen LogP) is 3.57. The largest absolute Gasteiger partial charge is 0.452 e. The van der Waals surface area contributed by atoms with Crippen LogP contribution in [0.15, 0.2) is 18.2 Å². The summed E-state index contributed by atoms with van der Waals surface area (Å²) in [6.45, 7) is 5.50. The highest BCUT2D eigenvalue weighted by Crippen LogP contribution is 2.22. The summed E-state index contributed by atoms with van der Waals surface area (Å²) in [7, 11) is 0. The number of aryl methyl sites for hydroxylation is 1. The van der Waals surface area contributed by atoms with Crippen LogP contribution in [-0.2, 0) is 16.1 Å². The van der Waals surface area contributed by atoms with Crippen molar-refractivity contribution in [3.8, 4) is 0 Å². The molecule has 2 aromatic rings. The molecule has 9 heteroatoms. The Balaban J connectivity index is 1.98. The van der Waals surface area contributed by atoms with Gasteiger partial charge in [0.25, 0.3) is 5.91 Å². The molecule has 0 saturated heterocycles. The maximum Gasteiger partial charge on any atom is 0.343 e. The highest BCUT2D eigenvalue weighted by molar-refractivity contribution is 6.32. The molecule has 0 fully saturated rings. The third-order valence-electron chi connectivity index (χ3n) is 3.35. The second-order valence-corrected chi connectivity index (χ2v) is 6.44. The molecule has 0 atom stereocenters. The van der Waals surface area contributed by atoms with Gasteiger partial charge >= 0.3 is 5.97 Å². The minimum absolute atomic E-state index is 0.0453. The third-order valence-corrected chi connectivity index (χ3v) is 3.73. The molecule has 6 nitrogen and oxygen atoms in total. The summed E-state index contributed by atoms with van der Waals surface area (Å²) in [4.78, 5) is 24.0. The van der Waals surface area contributed by atoms with E-state index in [0.717, 1.165) is 12.1 Å². The Morgan fingerprint density at radius 3 is 2.62 bits per heavy atom. The number of ether oxygens (including phenoxy) is 1. The van der Waals surface area contributed by atoms with E-state index in [1.165, 1.54) is 10.7 Å². The van der Waals surface area contributed by atoms with E-state index in [4.69, 9.17) is 16.3 Å². The summed E-state index contributed by atoms with van der Waals surface area (Å²) in [5.74, 6) is -3.34. The number of esters is 1. The van der Waals surface area contributed by atoms with Crippen LogP contribution < -0.4 is 5.32 Å². The average molecular weight is 386 g/mol. The number of halogens is 3. The van der Waals surface area contributed by atoms with Gasteiger partial charge in [-0.05, 0) is 25.0 Å². The Morgan fingerprint density at radius 2 is 2.00 bits per heavy atom. The molecule has 0 aliphatic heterocycles.